The van der Waals surface area contributed by atoms with Gasteiger partial charge in [-0.2, -0.15) is 0 Å². The lowest BCUT2D eigenvalue weighted by atomic mass is 10.3. The summed E-state index contributed by atoms with van der Waals surface area (Å²) in [5.41, 5.74) is 0.323. The average Bonchev–Trinajstić information content (AvgIpc) is 2.76. The molecule has 0 unspecified atom stereocenters. The van der Waals surface area contributed by atoms with Crippen LogP contribution in [0.2, 0.25) is 0 Å². The van der Waals surface area contributed by atoms with Gasteiger partial charge in [-0.15, -0.1) is 11.3 Å². The van der Waals surface area contributed by atoms with Gasteiger partial charge in [0.1, 0.15) is 4.21 Å². The highest BCUT2D eigenvalue weighted by Gasteiger charge is 2.16. The molecular weight excluding hydrogens is 318 g/mol. The number of aryl methyl sites for hydroxylation is 1. The minimum absolute atomic E-state index is 0.146. The number of sulfone groups is 1. The Hall–Kier alpha value is -1.38. The maximum absolute atomic E-state index is 12.1. The van der Waals surface area contributed by atoms with E-state index >= 15 is 0 Å². The third-order valence-electron chi connectivity index (χ3n) is 2.52. The van der Waals surface area contributed by atoms with Gasteiger partial charge in [0, 0.05) is 16.8 Å². The van der Waals surface area contributed by atoms with Crippen LogP contribution in [0.1, 0.15) is 4.88 Å². The summed E-state index contributed by atoms with van der Waals surface area (Å²) in [7, 11) is -6.91. The molecule has 0 bridgehead atoms. The molecule has 1 N–H and O–H groups in total. The predicted octanol–water partition coefficient (Wildman–Crippen LogP) is 2.26. The molecule has 2 rings (SSSR count). The molecule has 0 aliphatic carbocycles. The summed E-state index contributed by atoms with van der Waals surface area (Å²) >= 11 is 1.17. The Morgan fingerprint density at radius 3 is 2.00 bits per heavy atom. The molecule has 0 fully saturated rings. The molecule has 0 spiro atoms. The number of sulfonamides is 1. The van der Waals surface area contributed by atoms with Crippen LogP contribution in [0.5, 0.6) is 0 Å². The van der Waals surface area contributed by atoms with Gasteiger partial charge in [0.05, 0.1) is 4.90 Å². The van der Waals surface area contributed by atoms with Crippen LogP contribution in [-0.4, -0.2) is 23.1 Å². The number of benzene rings is 1. The lowest BCUT2D eigenvalue weighted by Crippen LogP contribution is -2.11. The van der Waals surface area contributed by atoms with Crippen LogP contribution in [0, 0.1) is 6.92 Å². The van der Waals surface area contributed by atoms with Crippen molar-refractivity contribution in [2.45, 2.75) is 16.0 Å². The molecule has 0 radical (unpaired) electrons. The van der Waals surface area contributed by atoms with Crippen LogP contribution in [-0.2, 0) is 19.9 Å². The van der Waals surface area contributed by atoms with E-state index in [4.69, 9.17) is 0 Å². The van der Waals surface area contributed by atoms with Crippen LogP contribution < -0.4 is 4.72 Å². The van der Waals surface area contributed by atoms with Crippen molar-refractivity contribution in [2.75, 3.05) is 11.0 Å². The van der Waals surface area contributed by atoms with Crippen molar-refractivity contribution in [1.82, 2.24) is 0 Å². The van der Waals surface area contributed by atoms with Gasteiger partial charge >= 0.3 is 0 Å². The molecule has 0 saturated carbocycles. The van der Waals surface area contributed by atoms with Gasteiger partial charge in [-0.05, 0) is 43.3 Å². The fourth-order valence-electron chi connectivity index (χ4n) is 1.53. The Balaban J connectivity index is 2.26. The number of nitrogens with one attached hydrogen (secondary N) is 1. The van der Waals surface area contributed by atoms with Crippen LogP contribution >= 0.6 is 11.3 Å². The lowest BCUT2D eigenvalue weighted by Gasteiger charge is -2.06. The van der Waals surface area contributed by atoms with E-state index in [0.717, 1.165) is 11.1 Å². The molecule has 0 aliphatic rings. The van der Waals surface area contributed by atoms with E-state index in [1.165, 1.54) is 41.7 Å². The highest BCUT2D eigenvalue weighted by molar-refractivity contribution is 7.94. The highest BCUT2D eigenvalue weighted by atomic mass is 32.2. The van der Waals surface area contributed by atoms with Gasteiger partial charge in [-0.3, -0.25) is 4.72 Å². The summed E-state index contributed by atoms with van der Waals surface area (Å²) in [6.45, 7) is 1.82. The summed E-state index contributed by atoms with van der Waals surface area (Å²) in [6, 6.07) is 8.85. The predicted molar refractivity (Wildman–Crippen MR) is 79.4 cm³/mol. The van der Waals surface area contributed by atoms with Gasteiger partial charge < -0.3 is 0 Å². The molecule has 8 heteroatoms. The molecule has 0 atom stereocenters. The third-order valence-corrected chi connectivity index (χ3v) is 6.52. The van der Waals surface area contributed by atoms with E-state index in [2.05, 4.69) is 4.72 Å². The first-order chi connectivity index (χ1) is 9.18. The van der Waals surface area contributed by atoms with Crippen molar-refractivity contribution in [3.8, 4) is 0 Å². The van der Waals surface area contributed by atoms with E-state index in [9.17, 15) is 16.8 Å². The molecule has 1 aromatic heterocycles. The first-order valence-electron chi connectivity index (χ1n) is 5.58. The van der Waals surface area contributed by atoms with Gasteiger partial charge in [-0.1, -0.05) is 0 Å². The summed E-state index contributed by atoms with van der Waals surface area (Å²) in [6.07, 6.45) is 1.10. The van der Waals surface area contributed by atoms with E-state index < -0.39 is 19.9 Å². The molecule has 5 nitrogen and oxygen atoms in total. The Bertz CT molecular complexity index is 818. The maximum atomic E-state index is 12.1. The van der Waals surface area contributed by atoms with Crippen molar-refractivity contribution in [1.29, 1.82) is 0 Å². The summed E-state index contributed by atoms with van der Waals surface area (Å²) in [4.78, 5) is 1.05. The lowest BCUT2D eigenvalue weighted by molar-refractivity contribution is 0.601. The third kappa shape index (κ3) is 3.38. The Morgan fingerprint density at radius 2 is 1.55 bits per heavy atom. The molecule has 0 aliphatic heterocycles. The molecule has 0 amide bonds. The zero-order chi connectivity index (χ0) is 15.0. The van der Waals surface area contributed by atoms with E-state index in [1.807, 2.05) is 6.92 Å². The molecule has 108 valence electrons. The van der Waals surface area contributed by atoms with E-state index in [0.29, 0.717) is 5.69 Å². The minimum atomic E-state index is -3.62. The summed E-state index contributed by atoms with van der Waals surface area (Å²) < 4.78 is 49.4. The molecule has 1 heterocycles. The van der Waals surface area contributed by atoms with Gasteiger partial charge in [0.25, 0.3) is 10.0 Å². The van der Waals surface area contributed by atoms with Gasteiger partial charge in [0.2, 0.25) is 0 Å². The zero-order valence-electron chi connectivity index (χ0n) is 10.8. The second kappa shape index (κ2) is 5.19. The second-order valence-corrected chi connectivity index (χ2v) is 9.48. The second-order valence-electron chi connectivity index (χ2n) is 4.27. The molecule has 1 aromatic carbocycles. The van der Waals surface area contributed by atoms with Crippen molar-refractivity contribution < 1.29 is 16.8 Å². The minimum Gasteiger partial charge on any atom is -0.279 e. The highest BCUT2D eigenvalue weighted by Crippen LogP contribution is 2.23. The van der Waals surface area contributed by atoms with E-state index in [-0.39, 0.29) is 9.10 Å². The largest absolute Gasteiger partial charge is 0.279 e. The first-order valence-corrected chi connectivity index (χ1v) is 9.77. The van der Waals surface area contributed by atoms with Gasteiger partial charge in [-0.25, -0.2) is 16.8 Å². The maximum Gasteiger partial charge on any atom is 0.271 e. The topological polar surface area (TPSA) is 80.3 Å². The quantitative estimate of drug-likeness (QED) is 0.932. The SMILES string of the molecule is Cc1ccc(S(=O)(=O)Nc2ccc(S(C)(=O)=O)cc2)s1. The molecule has 20 heavy (non-hydrogen) atoms. The number of hydrogen-bond acceptors (Lipinski definition) is 5. The number of rotatable bonds is 4. The Labute approximate surface area is 122 Å². The van der Waals surface area contributed by atoms with Gasteiger partial charge in [0.15, 0.2) is 9.84 Å². The monoisotopic (exact) mass is 331 g/mol. The fourth-order valence-corrected chi connectivity index (χ4v) is 4.50. The van der Waals surface area contributed by atoms with E-state index in [1.54, 1.807) is 6.07 Å². The van der Waals surface area contributed by atoms with Crippen LogP contribution in [0.25, 0.3) is 0 Å². The smallest absolute Gasteiger partial charge is 0.271 e. The van der Waals surface area contributed by atoms with Crippen molar-refractivity contribution >= 4 is 36.9 Å². The van der Waals surface area contributed by atoms with Crippen LogP contribution in [0.4, 0.5) is 5.69 Å². The Kier molecular flexibility index (Phi) is 3.90. The van der Waals surface area contributed by atoms with Crippen molar-refractivity contribution in [2.24, 2.45) is 0 Å². The average molecular weight is 331 g/mol. The normalized spacial score (nSPS) is 12.3. The zero-order valence-corrected chi connectivity index (χ0v) is 13.3. The van der Waals surface area contributed by atoms with Crippen molar-refractivity contribution in [3.05, 3.63) is 41.3 Å². The fraction of sp³-hybridized carbons (Fsp3) is 0.167. The number of anilines is 1. The number of hydrogen-bond donors (Lipinski definition) is 1. The molecule has 2 aromatic rings. The summed E-state index contributed by atoms with van der Waals surface area (Å²) in [5.74, 6) is 0. The van der Waals surface area contributed by atoms with Crippen LogP contribution in [0.3, 0.4) is 0 Å². The molecule has 0 saturated heterocycles. The number of thiophene rings is 1. The Morgan fingerprint density at radius 1 is 0.950 bits per heavy atom. The van der Waals surface area contributed by atoms with Crippen molar-refractivity contribution in [3.63, 3.8) is 0 Å². The summed E-state index contributed by atoms with van der Waals surface area (Å²) in [5, 5.41) is 0. The van der Waals surface area contributed by atoms with Crippen LogP contribution in [0.15, 0.2) is 45.5 Å². The standard InChI is InChI=1S/C12H13NO4S3/c1-9-3-8-12(18-9)20(16,17)13-10-4-6-11(7-5-10)19(2,14)15/h3-8,13H,1-2H3. The molecular formula is C12H13NO4S3. The first kappa shape index (κ1) is 15.0.